The molecule has 2 atom stereocenters. The summed E-state index contributed by atoms with van der Waals surface area (Å²) in [5, 5.41) is 21.3. The Bertz CT molecular complexity index is 665. The molecule has 26 heavy (non-hydrogen) atoms. The quantitative estimate of drug-likeness (QED) is 0.481. The van der Waals surface area contributed by atoms with E-state index in [1.165, 1.54) is 17.5 Å². The van der Waals surface area contributed by atoms with Crippen LogP contribution in [0.5, 0.6) is 5.75 Å². The Morgan fingerprint density at radius 1 is 1.08 bits per heavy atom. The van der Waals surface area contributed by atoms with Crippen LogP contribution in [0.25, 0.3) is 0 Å². The monoisotopic (exact) mass is 374 g/mol. The van der Waals surface area contributed by atoms with E-state index < -0.39 is 0 Å². The Kier molecular flexibility index (Phi) is 8.47. The summed E-state index contributed by atoms with van der Waals surface area (Å²) in [6, 6.07) is 16.4. The van der Waals surface area contributed by atoms with Gasteiger partial charge >= 0.3 is 0 Å². The molecule has 0 aromatic heterocycles. The van der Waals surface area contributed by atoms with E-state index >= 15 is 0 Å². The van der Waals surface area contributed by atoms with Crippen molar-refractivity contribution < 1.29 is 15.0 Å². The molecule has 0 saturated heterocycles. The maximum absolute atomic E-state index is 12.5. The Labute approximate surface area is 159 Å². The van der Waals surface area contributed by atoms with Crippen LogP contribution >= 0.6 is 11.9 Å². The fourth-order valence-corrected chi connectivity index (χ4v) is 3.27. The molecule has 2 rings (SSSR count). The highest BCUT2D eigenvalue weighted by molar-refractivity contribution is 7.96. The number of benzene rings is 2. The second kappa shape index (κ2) is 10.9. The second-order valence-corrected chi connectivity index (χ2v) is 7.06. The molecular formula is C20H26N2O3S. The molecular weight excluding hydrogens is 348 g/mol. The summed E-state index contributed by atoms with van der Waals surface area (Å²) in [6.07, 6.45) is 1.33. The topological polar surface area (TPSA) is 81.6 Å². The molecule has 2 aromatic carbocycles. The van der Waals surface area contributed by atoms with Gasteiger partial charge in [-0.3, -0.25) is 9.52 Å². The maximum Gasteiger partial charge on any atom is 0.238 e. The normalized spacial score (nSPS) is 13.2. The fraction of sp³-hybridized carbons (Fsp3) is 0.350. The molecule has 0 aliphatic heterocycles. The third-order valence-corrected chi connectivity index (χ3v) is 4.87. The summed E-state index contributed by atoms with van der Waals surface area (Å²) in [5.41, 5.74) is 2.25. The number of nitrogens with one attached hydrogen (secondary N) is 2. The predicted molar refractivity (Wildman–Crippen MR) is 106 cm³/mol. The number of aliphatic hydroxyl groups is 1. The molecule has 4 N–H and O–H groups in total. The first-order valence-corrected chi connectivity index (χ1v) is 9.67. The van der Waals surface area contributed by atoms with Gasteiger partial charge in [-0.1, -0.05) is 54.4 Å². The van der Waals surface area contributed by atoms with Crippen LogP contribution in [0.2, 0.25) is 0 Å². The number of phenolic OH excluding ortho intramolecular Hbond substituents is 1. The van der Waals surface area contributed by atoms with Gasteiger partial charge in [0.05, 0.1) is 12.6 Å². The fourth-order valence-electron chi connectivity index (χ4n) is 2.41. The summed E-state index contributed by atoms with van der Waals surface area (Å²) >= 11 is 1.50. The molecule has 2 aromatic rings. The van der Waals surface area contributed by atoms with Crippen LogP contribution in [0.4, 0.5) is 0 Å². The first kappa shape index (κ1) is 20.3. The molecule has 0 aliphatic rings. The van der Waals surface area contributed by atoms with Gasteiger partial charge in [0.2, 0.25) is 5.91 Å². The van der Waals surface area contributed by atoms with Crippen molar-refractivity contribution in [2.45, 2.75) is 37.6 Å². The number of aryl methyl sites for hydroxylation is 1. The largest absolute Gasteiger partial charge is 0.508 e. The number of hydrogen-bond acceptors (Lipinski definition) is 5. The van der Waals surface area contributed by atoms with Gasteiger partial charge in [0.25, 0.3) is 0 Å². The highest BCUT2D eigenvalue weighted by atomic mass is 32.2. The lowest BCUT2D eigenvalue weighted by Crippen LogP contribution is -2.46. The SMILES string of the molecule is CC(CO)NC(=O)C(CCc1ccc(O)cc1)NSCc1ccccc1. The van der Waals surface area contributed by atoms with Crippen molar-refractivity contribution in [2.75, 3.05) is 6.61 Å². The number of carbonyl (C=O) groups is 1. The Hall–Kier alpha value is -2.02. The van der Waals surface area contributed by atoms with E-state index in [9.17, 15) is 9.90 Å². The lowest BCUT2D eigenvalue weighted by atomic mass is 10.0. The van der Waals surface area contributed by atoms with Gasteiger partial charge in [-0.15, -0.1) is 0 Å². The van der Waals surface area contributed by atoms with Crippen LogP contribution in [0.1, 0.15) is 24.5 Å². The third kappa shape index (κ3) is 7.07. The predicted octanol–water partition coefficient (Wildman–Crippen LogP) is 2.63. The summed E-state index contributed by atoms with van der Waals surface area (Å²) in [6.45, 7) is 1.68. The molecule has 0 saturated carbocycles. The van der Waals surface area contributed by atoms with Gasteiger partial charge in [0.1, 0.15) is 5.75 Å². The van der Waals surface area contributed by atoms with E-state index in [0.29, 0.717) is 12.8 Å². The standard InChI is InChI=1S/C20H26N2O3S/c1-15(13-23)21-20(25)19(12-9-16-7-10-18(24)11-8-16)22-26-14-17-5-3-2-4-6-17/h2-8,10-11,15,19,22-24H,9,12-14H2,1H3,(H,21,25). The molecule has 140 valence electrons. The summed E-state index contributed by atoms with van der Waals surface area (Å²) in [7, 11) is 0. The molecule has 1 amide bonds. The molecule has 0 fully saturated rings. The van der Waals surface area contributed by atoms with E-state index in [4.69, 9.17) is 5.11 Å². The maximum atomic E-state index is 12.5. The lowest BCUT2D eigenvalue weighted by Gasteiger charge is -2.20. The molecule has 0 radical (unpaired) electrons. The third-order valence-electron chi connectivity index (χ3n) is 3.94. The molecule has 6 heteroatoms. The Balaban J connectivity index is 1.91. The number of aromatic hydroxyl groups is 1. The van der Waals surface area contributed by atoms with Crippen LogP contribution in [-0.2, 0) is 17.0 Å². The Morgan fingerprint density at radius 3 is 2.42 bits per heavy atom. The zero-order valence-corrected chi connectivity index (χ0v) is 15.7. The zero-order chi connectivity index (χ0) is 18.8. The lowest BCUT2D eigenvalue weighted by molar-refractivity contribution is -0.123. The molecule has 0 spiro atoms. The number of hydrogen-bond donors (Lipinski definition) is 4. The van der Waals surface area contributed by atoms with E-state index in [-0.39, 0.29) is 30.3 Å². The van der Waals surface area contributed by atoms with Gasteiger partial charge in [0, 0.05) is 11.8 Å². The summed E-state index contributed by atoms with van der Waals surface area (Å²) < 4.78 is 3.25. The molecule has 0 bridgehead atoms. The second-order valence-electron chi connectivity index (χ2n) is 6.24. The van der Waals surface area contributed by atoms with Crippen molar-refractivity contribution in [3.8, 4) is 5.75 Å². The number of rotatable bonds is 10. The van der Waals surface area contributed by atoms with E-state index in [1.807, 2.05) is 42.5 Å². The average Bonchev–Trinajstić information content (AvgIpc) is 2.66. The minimum atomic E-state index is -0.369. The molecule has 0 heterocycles. The Morgan fingerprint density at radius 2 is 1.77 bits per heavy atom. The molecule has 0 aliphatic carbocycles. The highest BCUT2D eigenvalue weighted by Gasteiger charge is 2.19. The zero-order valence-electron chi connectivity index (χ0n) is 14.9. The van der Waals surface area contributed by atoms with Crippen LogP contribution in [0, 0.1) is 0 Å². The van der Waals surface area contributed by atoms with Crippen molar-refractivity contribution in [3.63, 3.8) is 0 Å². The van der Waals surface area contributed by atoms with Crippen LogP contribution < -0.4 is 10.0 Å². The molecule has 5 nitrogen and oxygen atoms in total. The highest BCUT2D eigenvalue weighted by Crippen LogP contribution is 2.14. The molecule has 2 unspecified atom stereocenters. The van der Waals surface area contributed by atoms with Gasteiger partial charge in [-0.2, -0.15) is 0 Å². The summed E-state index contributed by atoms with van der Waals surface area (Å²) in [5.74, 6) is 0.876. The minimum Gasteiger partial charge on any atom is -0.508 e. The van der Waals surface area contributed by atoms with Crippen molar-refractivity contribution in [1.29, 1.82) is 0 Å². The minimum absolute atomic E-state index is 0.0897. The van der Waals surface area contributed by atoms with Gasteiger partial charge in [0.15, 0.2) is 0 Å². The van der Waals surface area contributed by atoms with Crippen molar-refractivity contribution in [1.82, 2.24) is 10.0 Å². The van der Waals surface area contributed by atoms with Crippen molar-refractivity contribution >= 4 is 17.9 Å². The van der Waals surface area contributed by atoms with Crippen molar-refractivity contribution in [2.24, 2.45) is 0 Å². The van der Waals surface area contributed by atoms with Crippen molar-refractivity contribution in [3.05, 3.63) is 65.7 Å². The number of phenols is 1. The smallest absolute Gasteiger partial charge is 0.238 e. The average molecular weight is 375 g/mol. The van der Waals surface area contributed by atoms with E-state index in [0.717, 1.165) is 11.3 Å². The van der Waals surface area contributed by atoms with E-state index in [2.05, 4.69) is 10.0 Å². The van der Waals surface area contributed by atoms with E-state index in [1.54, 1.807) is 19.1 Å². The number of aliphatic hydroxyl groups excluding tert-OH is 1. The van der Waals surface area contributed by atoms with Gasteiger partial charge in [-0.05, 0) is 43.0 Å². The first-order chi connectivity index (χ1) is 12.6. The van der Waals surface area contributed by atoms with Gasteiger partial charge in [-0.25, -0.2) is 0 Å². The number of amides is 1. The van der Waals surface area contributed by atoms with Gasteiger partial charge < -0.3 is 15.5 Å². The number of carbonyl (C=O) groups excluding carboxylic acids is 1. The van der Waals surface area contributed by atoms with Crippen LogP contribution in [-0.4, -0.2) is 34.8 Å². The summed E-state index contributed by atoms with van der Waals surface area (Å²) in [4.78, 5) is 12.5. The first-order valence-electron chi connectivity index (χ1n) is 8.69. The van der Waals surface area contributed by atoms with Crippen LogP contribution in [0.3, 0.4) is 0 Å². The van der Waals surface area contributed by atoms with Crippen LogP contribution in [0.15, 0.2) is 54.6 Å².